The Morgan fingerprint density at radius 2 is 1.67 bits per heavy atom. The van der Waals surface area contributed by atoms with Gasteiger partial charge in [-0.2, -0.15) is 4.98 Å². The van der Waals surface area contributed by atoms with Crippen molar-refractivity contribution in [3.8, 4) is 11.8 Å². The number of carbonyl (C=O) groups is 2. The number of ether oxygens (including phenoxy) is 2. The summed E-state index contributed by atoms with van der Waals surface area (Å²) < 4.78 is 10.0. The van der Waals surface area contributed by atoms with Crippen molar-refractivity contribution < 1.29 is 19.1 Å². The van der Waals surface area contributed by atoms with E-state index in [1.54, 1.807) is 12.1 Å². The highest BCUT2D eigenvalue weighted by molar-refractivity contribution is 5.96. The lowest BCUT2D eigenvalue weighted by molar-refractivity contribution is -0.131. The molecule has 1 aliphatic rings. The number of esters is 2. The maximum absolute atomic E-state index is 11.4. The fourth-order valence-corrected chi connectivity index (χ4v) is 1.68. The van der Waals surface area contributed by atoms with Crippen LogP contribution in [0.3, 0.4) is 0 Å². The van der Waals surface area contributed by atoms with Crippen molar-refractivity contribution in [1.82, 2.24) is 4.98 Å². The maximum Gasteiger partial charge on any atom is 0.337 e. The third-order valence-electron chi connectivity index (χ3n) is 2.44. The van der Waals surface area contributed by atoms with Crippen LogP contribution in [-0.2, 0) is 9.59 Å². The number of carbonyl (C=O) groups excluding carboxylic acids is 2. The highest BCUT2D eigenvalue weighted by Crippen LogP contribution is 2.28. The number of nitrogens with zero attached hydrogens (tertiary/aromatic N) is 1. The summed E-state index contributed by atoms with van der Waals surface area (Å²) in [5.74, 6) is -1.09. The van der Waals surface area contributed by atoms with Gasteiger partial charge < -0.3 is 9.47 Å². The van der Waals surface area contributed by atoms with Crippen molar-refractivity contribution in [1.29, 1.82) is 0 Å². The van der Waals surface area contributed by atoms with Crippen LogP contribution in [0.15, 0.2) is 42.5 Å². The molecule has 0 N–H and O–H groups in total. The number of benzene rings is 1. The first-order chi connectivity index (χ1) is 8.72. The van der Waals surface area contributed by atoms with Crippen LogP contribution < -0.4 is 9.47 Å². The Labute approximate surface area is 102 Å². The first-order valence-electron chi connectivity index (χ1n) is 5.24. The first-order valence-corrected chi connectivity index (χ1v) is 5.24. The molecule has 0 spiro atoms. The summed E-state index contributed by atoms with van der Waals surface area (Å²) in [5, 5.41) is 1.46. The zero-order chi connectivity index (χ0) is 12.5. The SMILES string of the molecule is O=C1/C=C\C(=O)Oc2nc(cc3ccccc23)O1. The summed E-state index contributed by atoms with van der Waals surface area (Å²) in [4.78, 5) is 26.7. The van der Waals surface area contributed by atoms with Crippen LogP contribution in [0.1, 0.15) is 0 Å². The average Bonchev–Trinajstić information content (AvgIpc) is 2.40. The van der Waals surface area contributed by atoms with E-state index in [4.69, 9.17) is 9.47 Å². The summed E-state index contributed by atoms with van der Waals surface area (Å²) >= 11 is 0. The molecule has 0 saturated heterocycles. The van der Waals surface area contributed by atoms with Gasteiger partial charge in [0.05, 0.1) is 0 Å². The molecule has 2 bridgehead atoms. The summed E-state index contributed by atoms with van der Waals surface area (Å²) in [6.07, 6.45) is 2.01. The predicted octanol–water partition coefficient (Wildman–Crippen LogP) is 1.62. The Morgan fingerprint density at radius 1 is 0.944 bits per heavy atom. The first kappa shape index (κ1) is 10.5. The minimum absolute atomic E-state index is 0.105. The lowest BCUT2D eigenvalue weighted by atomic mass is 10.2. The molecule has 0 fully saturated rings. The van der Waals surface area contributed by atoms with Crippen molar-refractivity contribution in [3.05, 3.63) is 42.5 Å². The van der Waals surface area contributed by atoms with E-state index in [1.165, 1.54) is 0 Å². The third-order valence-corrected chi connectivity index (χ3v) is 2.44. The molecule has 5 nitrogen and oxygen atoms in total. The van der Waals surface area contributed by atoms with Crippen LogP contribution in [0, 0.1) is 0 Å². The van der Waals surface area contributed by atoms with E-state index in [2.05, 4.69) is 4.98 Å². The van der Waals surface area contributed by atoms with E-state index < -0.39 is 11.9 Å². The zero-order valence-corrected chi connectivity index (χ0v) is 9.12. The van der Waals surface area contributed by atoms with Gasteiger partial charge in [0.25, 0.3) is 0 Å². The topological polar surface area (TPSA) is 65.5 Å². The molecule has 2 heterocycles. The van der Waals surface area contributed by atoms with E-state index in [1.807, 2.05) is 18.2 Å². The minimum atomic E-state index is -0.664. The Bertz CT molecular complexity index is 690. The summed E-state index contributed by atoms with van der Waals surface area (Å²) in [6, 6.07) is 8.85. The van der Waals surface area contributed by atoms with Gasteiger partial charge in [0, 0.05) is 23.6 Å². The van der Waals surface area contributed by atoms with E-state index >= 15 is 0 Å². The second-order valence-electron chi connectivity index (χ2n) is 3.66. The van der Waals surface area contributed by atoms with Gasteiger partial charge in [-0.3, -0.25) is 0 Å². The van der Waals surface area contributed by atoms with E-state index in [9.17, 15) is 9.59 Å². The molecule has 1 aromatic heterocycles. The fourth-order valence-electron chi connectivity index (χ4n) is 1.68. The van der Waals surface area contributed by atoms with Crippen LogP contribution in [0.25, 0.3) is 10.8 Å². The molecule has 0 radical (unpaired) electrons. The van der Waals surface area contributed by atoms with Crippen molar-refractivity contribution in [2.75, 3.05) is 0 Å². The number of pyridine rings is 1. The van der Waals surface area contributed by atoms with Crippen molar-refractivity contribution in [3.63, 3.8) is 0 Å². The molecule has 1 aromatic carbocycles. The molecule has 18 heavy (non-hydrogen) atoms. The second-order valence-corrected chi connectivity index (χ2v) is 3.66. The molecule has 2 aromatic rings. The van der Waals surface area contributed by atoms with Gasteiger partial charge in [0.1, 0.15) is 0 Å². The van der Waals surface area contributed by atoms with E-state index in [0.29, 0.717) is 5.39 Å². The van der Waals surface area contributed by atoms with Crippen LogP contribution in [-0.4, -0.2) is 16.9 Å². The number of hydrogen-bond acceptors (Lipinski definition) is 5. The molecule has 1 aliphatic heterocycles. The maximum atomic E-state index is 11.4. The second kappa shape index (κ2) is 3.96. The van der Waals surface area contributed by atoms with E-state index in [-0.39, 0.29) is 11.8 Å². The lowest BCUT2D eigenvalue weighted by Gasteiger charge is -2.06. The average molecular weight is 241 g/mol. The third kappa shape index (κ3) is 1.82. The molecule has 0 unspecified atom stereocenters. The number of aromatic nitrogens is 1. The van der Waals surface area contributed by atoms with Crippen LogP contribution in [0.4, 0.5) is 0 Å². The van der Waals surface area contributed by atoms with Crippen molar-refractivity contribution >= 4 is 22.7 Å². The predicted molar refractivity (Wildman–Crippen MR) is 62.2 cm³/mol. The smallest absolute Gasteiger partial charge is 0.337 e. The number of fused-ring (bicyclic) bond motifs is 4. The highest BCUT2D eigenvalue weighted by Gasteiger charge is 2.14. The number of rotatable bonds is 0. The Balaban J connectivity index is 2.26. The highest BCUT2D eigenvalue weighted by atomic mass is 16.6. The molecular formula is C13H7NO4. The number of hydrogen-bond donors (Lipinski definition) is 0. The quantitative estimate of drug-likeness (QED) is 0.655. The summed E-state index contributed by atoms with van der Waals surface area (Å²) in [7, 11) is 0. The molecule has 0 saturated carbocycles. The zero-order valence-electron chi connectivity index (χ0n) is 9.12. The molecule has 0 amide bonds. The molecule has 0 aliphatic carbocycles. The van der Waals surface area contributed by atoms with Crippen molar-refractivity contribution in [2.24, 2.45) is 0 Å². The van der Waals surface area contributed by atoms with Gasteiger partial charge in [-0.1, -0.05) is 18.2 Å². The van der Waals surface area contributed by atoms with Crippen LogP contribution >= 0.6 is 0 Å². The van der Waals surface area contributed by atoms with Crippen LogP contribution in [0.5, 0.6) is 11.8 Å². The van der Waals surface area contributed by atoms with E-state index in [0.717, 1.165) is 17.5 Å². The fraction of sp³-hybridized carbons (Fsp3) is 0. The standard InChI is InChI=1S/C13H7NO4/c15-11-5-6-12(16)18-13-9-4-2-1-3-8(9)7-10(14-13)17-11/h1-7H/b6-5-. The molecule has 0 atom stereocenters. The van der Waals surface area contributed by atoms with Gasteiger partial charge in [-0.15, -0.1) is 0 Å². The summed E-state index contributed by atoms with van der Waals surface area (Å²) in [6.45, 7) is 0. The summed E-state index contributed by atoms with van der Waals surface area (Å²) in [5.41, 5.74) is 0. The molecule has 88 valence electrons. The van der Waals surface area contributed by atoms with Gasteiger partial charge >= 0.3 is 11.9 Å². The monoisotopic (exact) mass is 241 g/mol. The lowest BCUT2D eigenvalue weighted by Crippen LogP contribution is -2.05. The Hall–Kier alpha value is -2.69. The molecular weight excluding hydrogens is 234 g/mol. The normalized spacial score (nSPS) is 16.2. The van der Waals surface area contributed by atoms with Gasteiger partial charge in [-0.05, 0) is 11.5 Å². The van der Waals surface area contributed by atoms with Crippen molar-refractivity contribution in [2.45, 2.75) is 0 Å². The molecule has 3 rings (SSSR count). The largest absolute Gasteiger partial charge is 0.404 e. The van der Waals surface area contributed by atoms with Crippen LogP contribution in [0.2, 0.25) is 0 Å². The Kier molecular flexibility index (Phi) is 2.30. The van der Waals surface area contributed by atoms with Gasteiger partial charge in [0.2, 0.25) is 11.8 Å². The van der Waals surface area contributed by atoms with Gasteiger partial charge in [0.15, 0.2) is 0 Å². The Morgan fingerprint density at radius 3 is 2.50 bits per heavy atom. The minimum Gasteiger partial charge on any atom is -0.404 e. The molecule has 5 heteroatoms. The van der Waals surface area contributed by atoms with Gasteiger partial charge in [-0.25, -0.2) is 9.59 Å².